The van der Waals surface area contributed by atoms with Gasteiger partial charge in [-0.15, -0.1) is 0 Å². The Bertz CT molecular complexity index is 406. The average Bonchev–Trinajstić information content (AvgIpc) is 2.26. The number of phenols is 1. The summed E-state index contributed by atoms with van der Waals surface area (Å²) in [6.07, 6.45) is -4.48. The van der Waals surface area contributed by atoms with Crippen LogP contribution in [-0.2, 0) is 0 Å². The second-order valence-electron chi connectivity index (χ2n) is 4.45. The molecule has 0 radical (unpaired) electrons. The van der Waals surface area contributed by atoms with E-state index in [2.05, 4.69) is 5.32 Å². The highest BCUT2D eigenvalue weighted by Crippen LogP contribution is 2.23. The van der Waals surface area contributed by atoms with Crippen molar-refractivity contribution in [3.05, 3.63) is 29.6 Å². The minimum atomic E-state index is -4.12. The van der Waals surface area contributed by atoms with Crippen LogP contribution in [0.25, 0.3) is 0 Å². The zero-order valence-electron chi connectivity index (χ0n) is 10.6. The Kier molecular flexibility index (Phi) is 5.60. The minimum absolute atomic E-state index is 0.0568. The molecule has 1 aromatic rings. The molecule has 0 spiro atoms. The number of halogens is 4. The van der Waals surface area contributed by atoms with Crippen LogP contribution in [-0.4, -0.2) is 17.8 Å². The van der Waals surface area contributed by atoms with E-state index in [0.717, 1.165) is 6.07 Å². The Balaban J connectivity index is 2.33. The van der Waals surface area contributed by atoms with Gasteiger partial charge in [0.05, 0.1) is 0 Å². The SMILES string of the molecule is CC(NCCCCC(F)(F)F)c1ccc(O)cc1F. The van der Waals surface area contributed by atoms with E-state index in [-0.39, 0.29) is 18.2 Å². The van der Waals surface area contributed by atoms with Gasteiger partial charge in [0.15, 0.2) is 0 Å². The molecule has 0 heterocycles. The van der Waals surface area contributed by atoms with E-state index in [1.54, 1.807) is 6.92 Å². The van der Waals surface area contributed by atoms with Gasteiger partial charge in [-0.25, -0.2) is 4.39 Å². The summed E-state index contributed by atoms with van der Waals surface area (Å²) in [5.41, 5.74) is 0.383. The highest BCUT2D eigenvalue weighted by molar-refractivity contribution is 5.29. The highest BCUT2D eigenvalue weighted by atomic mass is 19.4. The van der Waals surface area contributed by atoms with Crippen LogP contribution in [0.4, 0.5) is 17.6 Å². The predicted molar refractivity (Wildman–Crippen MR) is 64.4 cm³/mol. The molecule has 0 saturated carbocycles. The lowest BCUT2D eigenvalue weighted by molar-refractivity contribution is -0.135. The number of phenolic OH excluding ortho intramolecular Hbond substituents is 1. The lowest BCUT2D eigenvalue weighted by Gasteiger charge is -2.15. The second-order valence-corrected chi connectivity index (χ2v) is 4.45. The first-order valence-electron chi connectivity index (χ1n) is 6.08. The summed E-state index contributed by atoms with van der Waals surface area (Å²) in [4.78, 5) is 0. The van der Waals surface area contributed by atoms with E-state index < -0.39 is 18.4 Å². The minimum Gasteiger partial charge on any atom is -0.508 e. The van der Waals surface area contributed by atoms with Gasteiger partial charge in [0.25, 0.3) is 0 Å². The molecule has 0 fully saturated rings. The second kappa shape index (κ2) is 6.75. The summed E-state index contributed by atoms with van der Waals surface area (Å²) in [6.45, 7) is 2.11. The Morgan fingerprint density at radius 2 is 1.95 bits per heavy atom. The Labute approximate surface area is 109 Å². The third-order valence-corrected chi connectivity index (χ3v) is 2.79. The van der Waals surface area contributed by atoms with Gasteiger partial charge in [0.2, 0.25) is 0 Å². The number of benzene rings is 1. The number of rotatable bonds is 6. The number of aromatic hydroxyl groups is 1. The molecule has 0 aromatic heterocycles. The average molecular weight is 279 g/mol. The van der Waals surface area contributed by atoms with Crippen molar-refractivity contribution in [2.75, 3.05) is 6.54 Å². The van der Waals surface area contributed by atoms with Crippen LogP contribution in [0.15, 0.2) is 18.2 Å². The lowest BCUT2D eigenvalue weighted by Crippen LogP contribution is -2.21. The molecule has 1 atom stereocenters. The molecule has 19 heavy (non-hydrogen) atoms. The quantitative estimate of drug-likeness (QED) is 0.611. The summed E-state index contributed by atoms with van der Waals surface area (Å²) >= 11 is 0. The molecule has 0 bridgehead atoms. The molecule has 1 aromatic carbocycles. The van der Waals surface area contributed by atoms with Crippen molar-refractivity contribution in [1.29, 1.82) is 0 Å². The fourth-order valence-corrected chi connectivity index (χ4v) is 1.75. The molecule has 1 rings (SSSR count). The summed E-state index contributed by atoms with van der Waals surface area (Å²) in [5.74, 6) is -0.686. The smallest absolute Gasteiger partial charge is 0.389 e. The molecule has 2 nitrogen and oxygen atoms in total. The van der Waals surface area contributed by atoms with Crippen LogP contribution in [0, 0.1) is 5.82 Å². The predicted octanol–water partition coefficient (Wildman–Crippen LogP) is 3.91. The van der Waals surface area contributed by atoms with Crippen molar-refractivity contribution < 1.29 is 22.7 Å². The number of hydrogen-bond acceptors (Lipinski definition) is 2. The van der Waals surface area contributed by atoms with Gasteiger partial charge in [-0.2, -0.15) is 13.2 Å². The molecule has 2 N–H and O–H groups in total. The first kappa shape index (κ1) is 15.8. The number of alkyl halides is 3. The first-order chi connectivity index (χ1) is 8.79. The number of hydrogen-bond donors (Lipinski definition) is 2. The maximum absolute atomic E-state index is 13.5. The van der Waals surface area contributed by atoms with Gasteiger partial charge in [0.1, 0.15) is 11.6 Å². The van der Waals surface area contributed by atoms with Crippen LogP contribution in [0.1, 0.15) is 37.8 Å². The van der Waals surface area contributed by atoms with Crippen molar-refractivity contribution in [3.8, 4) is 5.75 Å². The van der Waals surface area contributed by atoms with Crippen LogP contribution in [0.2, 0.25) is 0 Å². The number of nitrogens with one attached hydrogen (secondary N) is 1. The number of unbranched alkanes of at least 4 members (excludes halogenated alkanes) is 1. The van der Waals surface area contributed by atoms with Crippen molar-refractivity contribution in [3.63, 3.8) is 0 Å². The van der Waals surface area contributed by atoms with E-state index in [1.165, 1.54) is 12.1 Å². The van der Waals surface area contributed by atoms with Crippen LogP contribution >= 0.6 is 0 Å². The van der Waals surface area contributed by atoms with E-state index in [4.69, 9.17) is 5.11 Å². The van der Waals surface area contributed by atoms with Crippen molar-refractivity contribution >= 4 is 0 Å². The standard InChI is InChI=1S/C13H17F4NO/c1-9(11-5-4-10(19)8-12(11)14)18-7-3-2-6-13(15,16)17/h4-5,8-9,18-19H,2-3,6-7H2,1H3. The highest BCUT2D eigenvalue weighted by Gasteiger charge is 2.25. The molecule has 6 heteroatoms. The Morgan fingerprint density at radius 1 is 1.26 bits per heavy atom. The van der Waals surface area contributed by atoms with Crippen molar-refractivity contribution in [1.82, 2.24) is 5.32 Å². The zero-order chi connectivity index (χ0) is 14.5. The third-order valence-electron chi connectivity index (χ3n) is 2.79. The van der Waals surface area contributed by atoms with E-state index in [0.29, 0.717) is 18.5 Å². The van der Waals surface area contributed by atoms with Gasteiger partial charge in [-0.05, 0) is 32.4 Å². The lowest BCUT2D eigenvalue weighted by atomic mass is 10.1. The van der Waals surface area contributed by atoms with Gasteiger partial charge in [0, 0.05) is 24.1 Å². The summed E-state index contributed by atoms with van der Waals surface area (Å²) in [6, 6.07) is 3.53. The Morgan fingerprint density at radius 3 is 2.53 bits per heavy atom. The normalized spacial score (nSPS) is 13.5. The van der Waals surface area contributed by atoms with Crippen molar-refractivity contribution in [2.24, 2.45) is 0 Å². The molecule has 0 aliphatic rings. The molecule has 0 aliphatic carbocycles. The molecular weight excluding hydrogens is 262 g/mol. The fraction of sp³-hybridized carbons (Fsp3) is 0.538. The summed E-state index contributed by atoms with van der Waals surface area (Å²) in [5, 5.41) is 12.0. The van der Waals surface area contributed by atoms with Gasteiger partial charge >= 0.3 is 6.18 Å². The monoisotopic (exact) mass is 279 g/mol. The maximum atomic E-state index is 13.5. The molecule has 0 saturated heterocycles. The summed E-state index contributed by atoms with van der Waals surface area (Å²) in [7, 11) is 0. The van der Waals surface area contributed by atoms with Crippen LogP contribution in [0.3, 0.4) is 0 Å². The van der Waals surface area contributed by atoms with Crippen LogP contribution in [0.5, 0.6) is 5.75 Å². The topological polar surface area (TPSA) is 32.3 Å². The maximum Gasteiger partial charge on any atom is 0.389 e. The zero-order valence-corrected chi connectivity index (χ0v) is 10.6. The molecule has 0 amide bonds. The van der Waals surface area contributed by atoms with Crippen molar-refractivity contribution in [2.45, 2.75) is 38.4 Å². The molecular formula is C13H17F4NO. The van der Waals surface area contributed by atoms with E-state index >= 15 is 0 Å². The largest absolute Gasteiger partial charge is 0.508 e. The Hall–Kier alpha value is -1.30. The molecule has 108 valence electrons. The molecule has 0 aliphatic heterocycles. The fourth-order valence-electron chi connectivity index (χ4n) is 1.75. The van der Waals surface area contributed by atoms with Gasteiger partial charge < -0.3 is 10.4 Å². The van der Waals surface area contributed by atoms with Gasteiger partial charge in [-0.3, -0.25) is 0 Å². The van der Waals surface area contributed by atoms with Gasteiger partial charge in [-0.1, -0.05) is 6.07 Å². The first-order valence-corrected chi connectivity index (χ1v) is 6.08. The molecule has 1 unspecified atom stereocenters. The van der Waals surface area contributed by atoms with Crippen LogP contribution < -0.4 is 5.32 Å². The van der Waals surface area contributed by atoms with E-state index in [1.807, 2.05) is 0 Å². The summed E-state index contributed by atoms with van der Waals surface area (Å²) < 4.78 is 49.2. The van der Waals surface area contributed by atoms with E-state index in [9.17, 15) is 17.6 Å². The third kappa shape index (κ3) is 5.92.